The van der Waals surface area contributed by atoms with Gasteiger partial charge in [0.1, 0.15) is 5.75 Å². The minimum Gasteiger partial charge on any atom is -0.490 e. The van der Waals surface area contributed by atoms with Crippen molar-refractivity contribution in [2.24, 2.45) is 17.6 Å². The molecule has 0 saturated heterocycles. The van der Waals surface area contributed by atoms with Crippen LogP contribution in [0, 0.1) is 11.8 Å². The summed E-state index contributed by atoms with van der Waals surface area (Å²) in [6, 6.07) is 6.13. The van der Waals surface area contributed by atoms with Gasteiger partial charge in [0, 0.05) is 16.1 Å². The fourth-order valence-corrected chi connectivity index (χ4v) is 3.48. The lowest BCUT2D eigenvalue weighted by atomic mass is 9.82. The van der Waals surface area contributed by atoms with Gasteiger partial charge in [-0.05, 0) is 50.2 Å². The van der Waals surface area contributed by atoms with E-state index in [0.29, 0.717) is 6.10 Å². The van der Waals surface area contributed by atoms with Gasteiger partial charge in [0.15, 0.2) is 0 Å². The van der Waals surface area contributed by atoms with Crippen molar-refractivity contribution in [2.75, 3.05) is 0 Å². The van der Waals surface area contributed by atoms with Crippen LogP contribution in [0.1, 0.15) is 51.6 Å². The van der Waals surface area contributed by atoms with E-state index in [0.717, 1.165) is 40.5 Å². The number of rotatable bonds is 3. The first-order valence-electron chi connectivity index (χ1n) is 7.17. The van der Waals surface area contributed by atoms with Crippen molar-refractivity contribution >= 4 is 15.9 Å². The molecule has 3 heteroatoms. The third-order valence-corrected chi connectivity index (χ3v) is 4.39. The van der Waals surface area contributed by atoms with E-state index >= 15 is 0 Å². The Hall–Kier alpha value is -0.540. The topological polar surface area (TPSA) is 35.2 Å². The van der Waals surface area contributed by atoms with Gasteiger partial charge in [-0.3, -0.25) is 0 Å². The van der Waals surface area contributed by atoms with Gasteiger partial charge in [0.05, 0.1) is 6.10 Å². The van der Waals surface area contributed by atoms with Crippen molar-refractivity contribution in [3.05, 3.63) is 28.2 Å². The molecule has 1 aromatic rings. The van der Waals surface area contributed by atoms with E-state index in [1.54, 1.807) is 0 Å². The molecule has 0 radical (unpaired) electrons. The molecule has 1 aromatic carbocycles. The summed E-state index contributed by atoms with van der Waals surface area (Å²) < 4.78 is 7.30. The highest BCUT2D eigenvalue weighted by molar-refractivity contribution is 9.10. The monoisotopic (exact) mass is 325 g/mol. The number of nitrogens with two attached hydrogens (primary N) is 1. The molecule has 0 spiro atoms. The Morgan fingerprint density at radius 3 is 2.42 bits per heavy atom. The average Bonchev–Trinajstić information content (AvgIpc) is 2.26. The van der Waals surface area contributed by atoms with E-state index in [9.17, 15) is 0 Å². The zero-order valence-electron chi connectivity index (χ0n) is 12.0. The lowest BCUT2D eigenvalue weighted by molar-refractivity contribution is 0.0997. The molecule has 2 unspecified atom stereocenters. The maximum Gasteiger partial charge on any atom is 0.125 e. The zero-order valence-corrected chi connectivity index (χ0v) is 13.6. The second-order valence-corrected chi connectivity index (χ2v) is 7.04. The van der Waals surface area contributed by atoms with E-state index in [1.807, 2.05) is 19.1 Å². The normalized spacial score (nSPS) is 29.0. The fraction of sp³-hybridized carbons (Fsp3) is 0.625. The molecule has 2 N–H and O–H groups in total. The molecule has 106 valence electrons. The van der Waals surface area contributed by atoms with Crippen LogP contribution in [-0.4, -0.2) is 6.10 Å². The Bertz CT molecular complexity index is 423. The molecule has 1 aliphatic carbocycles. The van der Waals surface area contributed by atoms with E-state index in [-0.39, 0.29) is 6.04 Å². The maximum atomic E-state index is 6.26. The van der Waals surface area contributed by atoms with Crippen LogP contribution in [0.15, 0.2) is 22.7 Å². The molecule has 1 fully saturated rings. The van der Waals surface area contributed by atoms with Gasteiger partial charge >= 0.3 is 0 Å². The summed E-state index contributed by atoms with van der Waals surface area (Å²) in [5, 5.41) is 0. The van der Waals surface area contributed by atoms with Gasteiger partial charge in [-0.2, -0.15) is 0 Å². The SMILES string of the molecule is CC1CC(C)CC(Oc2cc(Br)ccc2[C@H](C)N)C1. The highest BCUT2D eigenvalue weighted by Gasteiger charge is 2.26. The Morgan fingerprint density at radius 1 is 1.21 bits per heavy atom. The molecule has 1 saturated carbocycles. The van der Waals surface area contributed by atoms with E-state index in [2.05, 4.69) is 35.8 Å². The van der Waals surface area contributed by atoms with Gasteiger partial charge in [0.2, 0.25) is 0 Å². The number of hydrogen-bond donors (Lipinski definition) is 1. The number of benzene rings is 1. The van der Waals surface area contributed by atoms with Crippen LogP contribution in [0.2, 0.25) is 0 Å². The smallest absolute Gasteiger partial charge is 0.125 e. The average molecular weight is 326 g/mol. The maximum absolute atomic E-state index is 6.26. The predicted molar refractivity (Wildman–Crippen MR) is 83.3 cm³/mol. The number of ether oxygens (including phenoxy) is 1. The first kappa shape index (κ1) is 14.9. The molecule has 0 bridgehead atoms. The molecular weight excluding hydrogens is 302 g/mol. The Labute approximate surface area is 124 Å². The van der Waals surface area contributed by atoms with Crippen LogP contribution in [-0.2, 0) is 0 Å². The third-order valence-electron chi connectivity index (χ3n) is 3.90. The van der Waals surface area contributed by atoms with Crippen LogP contribution in [0.4, 0.5) is 0 Å². The van der Waals surface area contributed by atoms with Crippen LogP contribution in [0.25, 0.3) is 0 Å². The van der Waals surface area contributed by atoms with Gasteiger partial charge in [0.25, 0.3) is 0 Å². The van der Waals surface area contributed by atoms with Gasteiger partial charge in [-0.25, -0.2) is 0 Å². The summed E-state index contributed by atoms with van der Waals surface area (Å²) in [4.78, 5) is 0. The molecule has 0 aromatic heterocycles. The van der Waals surface area contributed by atoms with Gasteiger partial charge < -0.3 is 10.5 Å². The Balaban J connectivity index is 2.15. The molecule has 2 nitrogen and oxygen atoms in total. The van der Waals surface area contributed by atoms with Crippen molar-refractivity contribution in [3.8, 4) is 5.75 Å². The molecule has 19 heavy (non-hydrogen) atoms. The molecule has 0 amide bonds. The largest absolute Gasteiger partial charge is 0.490 e. The lowest BCUT2D eigenvalue weighted by Gasteiger charge is -2.32. The summed E-state index contributed by atoms with van der Waals surface area (Å²) in [6.45, 7) is 6.64. The van der Waals surface area contributed by atoms with Crippen LogP contribution in [0.5, 0.6) is 5.75 Å². The fourth-order valence-electron chi connectivity index (χ4n) is 3.14. The predicted octanol–water partition coefficient (Wildman–Crippen LogP) is 4.67. The molecule has 0 heterocycles. The summed E-state index contributed by atoms with van der Waals surface area (Å²) in [5.41, 5.74) is 7.12. The first-order valence-corrected chi connectivity index (χ1v) is 7.96. The molecule has 3 atom stereocenters. The summed E-state index contributed by atoms with van der Waals surface area (Å²) >= 11 is 3.51. The summed E-state index contributed by atoms with van der Waals surface area (Å²) in [7, 11) is 0. The number of halogens is 1. The minimum atomic E-state index is 0.00142. The molecule has 2 rings (SSSR count). The first-order chi connectivity index (χ1) is 8.95. The zero-order chi connectivity index (χ0) is 14.0. The van der Waals surface area contributed by atoms with Gasteiger partial charge in [-0.1, -0.05) is 35.8 Å². The standard InChI is InChI=1S/C16H24BrNO/c1-10-6-11(2)8-14(7-10)19-16-9-13(17)4-5-15(16)12(3)18/h4-5,9-12,14H,6-8,18H2,1-3H3/t10?,11?,12-,14?/m0/s1. The van der Waals surface area contributed by atoms with Crippen molar-refractivity contribution in [1.29, 1.82) is 0 Å². The van der Waals surface area contributed by atoms with Crippen molar-refractivity contribution in [3.63, 3.8) is 0 Å². The molecular formula is C16H24BrNO. The number of hydrogen-bond acceptors (Lipinski definition) is 2. The minimum absolute atomic E-state index is 0.00142. The van der Waals surface area contributed by atoms with E-state index in [4.69, 9.17) is 10.5 Å². The highest BCUT2D eigenvalue weighted by Crippen LogP contribution is 2.34. The van der Waals surface area contributed by atoms with Crippen molar-refractivity contribution in [2.45, 2.75) is 52.2 Å². The van der Waals surface area contributed by atoms with Crippen LogP contribution >= 0.6 is 15.9 Å². The van der Waals surface area contributed by atoms with Crippen LogP contribution < -0.4 is 10.5 Å². The van der Waals surface area contributed by atoms with E-state index < -0.39 is 0 Å². The molecule has 0 aliphatic heterocycles. The second kappa shape index (κ2) is 6.27. The summed E-state index contributed by atoms with van der Waals surface area (Å²) in [6.07, 6.45) is 3.94. The van der Waals surface area contributed by atoms with Crippen molar-refractivity contribution < 1.29 is 4.74 Å². The quantitative estimate of drug-likeness (QED) is 0.876. The Kier molecular flexibility index (Phi) is 4.91. The third kappa shape index (κ3) is 3.96. The van der Waals surface area contributed by atoms with Crippen LogP contribution in [0.3, 0.4) is 0 Å². The molecule has 1 aliphatic rings. The second-order valence-electron chi connectivity index (χ2n) is 6.13. The highest BCUT2D eigenvalue weighted by atomic mass is 79.9. The van der Waals surface area contributed by atoms with Gasteiger partial charge in [-0.15, -0.1) is 0 Å². The van der Waals surface area contributed by atoms with E-state index in [1.165, 1.54) is 6.42 Å². The lowest BCUT2D eigenvalue weighted by Crippen LogP contribution is -2.29. The summed E-state index contributed by atoms with van der Waals surface area (Å²) in [5.74, 6) is 2.44. The Morgan fingerprint density at radius 2 is 1.84 bits per heavy atom. The van der Waals surface area contributed by atoms with Crippen molar-refractivity contribution in [1.82, 2.24) is 0 Å².